The minimum absolute atomic E-state index is 1.12. The molecule has 2 rings (SSSR count). The third-order valence-corrected chi connectivity index (χ3v) is 4.12. The first-order chi connectivity index (χ1) is 6.45. The van der Waals surface area contributed by atoms with E-state index in [0.29, 0.717) is 0 Å². The lowest BCUT2D eigenvalue weighted by Gasteiger charge is -2.30. The highest BCUT2D eigenvalue weighted by molar-refractivity contribution is 4.74. The first kappa shape index (κ1) is 9.55. The van der Waals surface area contributed by atoms with Crippen LogP contribution in [0.3, 0.4) is 0 Å². The molecule has 0 N–H and O–H groups in total. The topological polar surface area (TPSA) is 0 Å². The lowest BCUT2D eigenvalue weighted by atomic mass is 9.76. The molecule has 2 aliphatic carbocycles. The SMILES string of the molecule is C1CCCC2CCCC(CCC1)C2. The smallest absolute Gasteiger partial charge is 0.0412 e. The number of fused-ring (bicyclic) bond motifs is 2. The molecule has 0 spiro atoms. The molecule has 0 saturated heterocycles. The van der Waals surface area contributed by atoms with Crippen molar-refractivity contribution in [1.29, 1.82) is 0 Å². The Kier molecular flexibility index (Phi) is 3.69. The van der Waals surface area contributed by atoms with Crippen molar-refractivity contribution in [2.75, 3.05) is 0 Å². The molecule has 2 aliphatic rings. The van der Waals surface area contributed by atoms with Crippen LogP contribution >= 0.6 is 0 Å². The van der Waals surface area contributed by atoms with Gasteiger partial charge < -0.3 is 0 Å². The van der Waals surface area contributed by atoms with Crippen molar-refractivity contribution in [3.05, 3.63) is 0 Å². The van der Waals surface area contributed by atoms with Crippen LogP contribution in [-0.2, 0) is 0 Å². The fourth-order valence-electron chi connectivity index (χ4n) is 3.32. The van der Waals surface area contributed by atoms with Gasteiger partial charge in [-0.3, -0.25) is 0 Å². The second kappa shape index (κ2) is 5.02. The normalized spacial score (nSPS) is 36.9. The van der Waals surface area contributed by atoms with Crippen LogP contribution in [0.5, 0.6) is 0 Å². The van der Waals surface area contributed by atoms with Gasteiger partial charge in [0.05, 0.1) is 0 Å². The molecule has 0 amide bonds. The highest BCUT2D eigenvalue weighted by Crippen LogP contribution is 2.35. The van der Waals surface area contributed by atoms with Crippen molar-refractivity contribution in [2.45, 2.75) is 70.6 Å². The van der Waals surface area contributed by atoms with E-state index in [2.05, 4.69) is 0 Å². The number of hydrogen-bond donors (Lipinski definition) is 0. The van der Waals surface area contributed by atoms with E-state index < -0.39 is 0 Å². The van der Waals surface area contributed by atoms with Gasteiger partial charge >= 0.3 is 0 Å². The van der Waals surface area contributed by atoms with Crippen molar-refractivity contribution in [1.82, 2.24) is 0 Å². The van der Waals surface area contributed by atoms with Crippen LogP contribution in [0.4, 0.5) is 0 Å². The largest absolute Gasteiger partial charge is 0.0533 e. The van der Waals surface area contributed by atoms with E-state index in [-0.39, 0.29) is 0 Å². The summed E-state index contributed by atoms with van der Waals surface area (Å²) in [6.07, 6.45) is 16.9. The van der Waals surface area contributed by atoms with Gasteiger partial charge in [0.25, 0.3) is 0 Å². The predicted molar refractivity (Wildman–Crippen MR) is 57.8 cm³/mol. The molecule has 0 aromatic heterocycles. The summed E-state index contributed by atoms with van der Waals surface area (Å²) < 4.78 is 0. The van der Waals surface area contributed by atoms with E-state index in [0.717, 1.165) is 11.8 Å². The third-order valence-electron chi connectivity index (χ3n) is 4.12. The fourth-order valence-corrected chi connectivity index (χ4v) is 3.32. The van der Waals surface area contributed by atoms with Gasteiger partial charge in [0.15, 0.2) is 0 Å². The Labute approximate surface area is 83.1 Å². The number of rotatable bonds is 0. The van der Waals surface area contributed by atoms with Crippen molar-refractivity contribution < 1.29 is 0 Å². The molecule has 0 heterocycles. The summed E-state index contributed by atoms with van der Waals surface area (Å²) in [6, 6.07) is 0. The van der Waals surface area contributed by atoms with Crippen LogP contribution in [-0.4, -0.2) is 0 Å². The Morgan fingerprint density at radius 2 is 0.923 bits per heavy atom. The molecule has 0 radical (unpaired) electrons. The minimum Gasteiger partial charge on any atom is -0.0533 e. The lowest BCUT2D eigenvalue weighted by molar-refractivity contribution is 0.228. The zero-order valence-corrected chi connectivity index (χ0v) is 8.93. The zero-order valence-electron chi connectivity index (χ0n) is 8.93. The average molecular weight is 180 g/mol. The van der Waals surface area contributed by atoms with Crippen LogP contribution in [0.25, 0.3) is 0 Å². The Morgan fingerprint density at radius 1 is 0.462 bits per heavy atom. The van der Waals surface area contributed by atoms with Gasteiger partial charge in [0.1, 0.15) is 0 Å². The van der Waals surface area contributed by atoms with E-state index >= 15 is 0 Å². The summed E-state index contributed by atoms with van der Waals surface area (Å²) in [5.41, 5.74) is 0. The van der Waals surface area contributed by atoms with Gasteiger partial charge in [-0.05, 0) is 18.3 Å². The molecule has 0 aromatic carbocycles. The second-order valence-corrected chi connectivity index (χ2v) is 5.24. The predicted octanol–water partition coefficient (Wildman–Crippen LogP) is 4.54. The summed E-state index contributed by atoms with van der Waals surface area (Å²) in [5, 5.41) is 0. The van der Waals surface area contributed by atoms with Crippen molar-refractivity contribution in [3.8, 4) is 0 Å². The number of hydrogen-bond acceptors (Lipinski definition) is 0. The van der Waals surface area contributed by atoms with Gasteiger partial charge in [-0.2, -0.15) is 0 Å². The van der Waals surface area contributed by atoms with Crippen molar-refractivity contribution in [2.24, 2.45) is 11.8 Å². The maximum Gasteiger partial charge on any atom is -0.0412 e. The molecule has 76 valence electrons. The standard InChI is InChI=1S/C13H24/c1-2-4-7-12-9-6-10-13(11-12)8-5-3-1/h12-13H,1-11H2. The Bertz CT molecular complexity index is 125. The minimum atomic E-state index is 1.12. The molecule has 0 heteroatoms. The Balaban J connectivity index is 1.83. The summed E-state index contributed by atoms with van der Waals surface area (Å²) in [7, 11) is 0. The van der Waals surface area contributed by atoms with E-state index in [4.69, 9.17) is 0 Å². The first-order valence-corrected chi connectivity index (χ1v) is 6.45. The van der Waals surface area contributed by atoms with Crippen molar-refractivity contribution >= 4 is 0 Å². The van der Waals surface area contributed by atoms with E-state index in [1.807, 2.05) is 0 Å². The summed E-state index contributed by atoms with van der Waals surface area (Å²) in [4.78, 5) is 0. The van der Waals surface area contributed by atoms with Crippen LogP contribution in [0, 0.1) is 11.8 Å². The van der Waals surface area contributed by atoms with Crippen LogP contribution < -0.4 is 0 Å². The lowest BCUT2D eigenvalue weighted by Crippen LogP contribution is -2.16. The van der Waals surface area contributed by atoms with E-state index in [1.54, 1.807) is 32.1 Å². The molecule has 2 saturated carbocycles. The monoisotopic (exact) mass is 180 g/mol. The summed E-state index contributed by atoms with van der Waals surface area (Å²) in [5.74, 6) is 2.24. The third kappa shape index (κ3) is 3.00. The molecule has 0 aliphatic heterocycles. The van der Waals surface area contributed by atoms with E-state index in [9.17, 15) is 0 Å². The highest BCUT2D eigenvalue weighted by Gasteiger charge is 2.21. The fraction of sp³-hybridized carbons (Fsp3) is 1.00. The maximum atomic E-state index is 1.58. The molecule has 13 heavy (non-hydrogen) atoms. The average Bonchev–Trinajstić information content (AvgIpc) is 2.17. The summed E-state index contributed by atoms with van der Waals surface area (Å²) >= 11 is 0. The van der Waals surface area contributed by atoms with Gasteiger partial charge in [-0.25, -0.2) is 0 Å². The molecule has 2 bridgehead atoms. The summed E-state index contributed by atoms with van der Waals surface area (Å²) in [6.45, 7) is 0. The Hall–Kier alpha value is 0. The molecule has 2 atom stereocenters. The van der Waals surface area contributed by atoms with E-state index in [1.165, 1.54) is 38.5 Å². The molecule has 0 aromatic rings. The van der Waals surface area contributed by atoms with Gasteiger partial charge in [-0.15, -0.1) is 0 Å². The van der Waals surface area contributed by atoms with Crippen LogP contribution in [0.1, 0.15) is 70.6 Å². The van der Waals surface area contributed by atoms with Gasteiger partial charge in [0.2, 0.25) is 0 Å². The Morgan fingerprint density at radius 3 is 1.54 bits per heavy atom. The van der Waals surface area contributed by atoms with Gasteiger partial charge in [0, 0.05) is 0 Å². The zero-order chi connectivity index (χ0) is 8.93. The van der Waals surface area contributed by atoms with Crippen molar-refractivity contribution in [3.63, 3.8) is 0 Å². The molecule has 2 unspecified atom stereocenters. The quantitative estimate of drug-likeness (QED) is 0.513. The molecule has 0 nitrogen and oxygen atoms in total. The molecular weight excluding hydrogens is 156 g/mol. The van der Waals surface area contributed by atoms with Gasteiger partial charge in [-0.1, -0.05) is 64.2 Å². The highest BCUT2D eigenvalue weighted by atomic mass is 14.3. The van der Waals surface area contributed by atoms with Crippen LogP contribution in [0.2, 0.25) is 0 Å². The molecular formula is C13H24. The first-order valence-electron chi connectivity index (χ1n) is 6.45. The van der Waals surface area contributed by atoms with Crippen LogP contribution in [0.15, 0.2) is 0 Å². The maximum absolute atomic E-state index is 1.58. The molecule has 2 fully saturated rings. The second-order valence-electron chi connectivity index (χ2n) is 5.24.